The number of hydrogen-bond acceptors (Lipinski definition) is 3. The van der Waals surface area contributed by atoms with Gasteiger partial charge in [0.25, 0.3) is 5.91 Å². The van der Waals surface area contributed by atoms with Crippen LogP contribution in [0.3, 0.4) is 0 Å². The normalized spacial score (nSPS) is 20.0. The Morgan fingerprint density at radius 2 is 2.30 bits per heavy atom. The van der Waals surface area contributed by atoms with E-state index in [1.807, 2.05) is 0 Å². The van der Waals surface area contributed by atoms with Gasteiger partial charge < -0.3 is 15.4 Å². The Labute approximate surface area is 128 Å². The van der Waals surface area contributed by atoms with E-state index in [1.54, 1.807) is 30.0 Å². The van der Waals surface area contributed by atoms with E-state index in [4.69, 9.17) is 33.7 Å². The zero-order valence-corrected chi connectivity index (χ0v) is 12.8. The van der Waals surface area contributed by atoms with Crippen LogP contribution in [0.15, 0.2) is 18.2 Å². The summed E-state index contributed by atoms with van der Waals surface area (Å²) in [6.07, 6.45) is 0.377. The SMILES string of the molecule is C[C@@H](Oc1ccc(Cl)cc1Cl)C(=O)N1CC[C@@H](CN)C1. The van der Waals surface area contributed by atoms with Crippen molar-refractivity contribution in [1.29, 1.82) is 0 Å². The highest BCUT2D eigenvalue weighted by atomic mass is 35.5. The quantitative estimate of drug-likeness (QED) is 0.928. The van der Waals surface area contributed by atoms with Gasteiger partial charge in [-0.1, -0.05) is 23.2 Å². The molecule has 2 rings (SSSR count). The number of carbonyl (C=O) groups excluding carboxylic acids is 1. The highest BCUT2D eigenvalue weighted by Gasteiger charge is 2.29. The minimum atomic E-state index is -0.579. The van der Waals surface area contributed by atoms with E-state index in [9.17, 15) is 4.79 Å². The Bertz CT molecular complexity index is 496. The topological polar surface area (TPSA) is 55.6 Å². The van der Waals surface area contributed by atoms with Crippen LogP contribution in [0.1, 0.15) is 13.3 Å². The third kappa shape index (κ3) is 3.57. The van der Waals surface area contributed by atoms with Crippen molar-refractivity contribution >= 4 is 29.1 Å². The number of likely N-dealkylation sites (tertiary alicyclic amines) is 1. The number of nitrogens with two attached hydrogens (primary N) is 1. The Morgan fingerprint density at radius 3 is 2.90 bits per heavy atom. The third-order valence-electron chi connectivity index (χ3n) is 3.48. The van der Waals surface area contributed by atoms with E-state index >= 15 is 0 Å². The lowest BCUT2D eigenvalue weighted by Crippen LogP contribution is -2.39. The van der Waals surface area contributed by atoms with Gasteiger partial charge in [0, 0.05) is 18.1 Å². The van der Waals surface area contributed by atoms with Crippen LogP contribution >= 0.6 is 23.2 Å². The van der Waals surface area contributed by atoms with Crippen molar-refractivity contribution in [2.75, 3.05) is 19.6 Å². The molecule has 1 aromatic rings. The summed E-state index contributed by atoms with van der Waals surface area (Å²) >= 11 is 11.9. The molecule has 1 heterocycles. The number of rotatable bonds is 4. The summed E-state index contributed by atoms with van der Waals surface area (Å²) in [5.74, 6) is 0.823. The van der Waals surface area contributed by atoms with Gasteiger partial charge in [-0.15, -0.1) is 0 Å². The molecule has 0 bridgehead atoms. The van der Waals surface area contributed by atoms with Crippen molar-refractivity contribution in [3.8, 4) is 5.75 Å². The molecule has 1 saturated heterocycles. The van der Waals surface area contributed by atoms with Gasteiger partial charge in [-0.2, -0.15) is 0 Å². The lowest BCUT2D eigenvalue weighted by atomic mass is 10.1. The molecule has 6 heteroatoms. The molecule has 1 aliphatic heterocycles. The Hall–Kier alpha value is -0.970. The Kier molecular flexibility index (Phi) is 5.13. The van der Waals surface area contributed by atoms with E-state index in [-0.39, 0.29) is 5.91 Å². The van der Waals surface area contributed by atoms with Crippen molar-refractivity contribution in [2.24, 2.45) is 11.7 Å². The van der Waals surface area contributed by atoms with Gasteiger partial charge in [0.1, 0.15) is 5.75 Å². The second-order valence-corrected chi connectivity index (χ2v) is 5.85. The van der Waals surface area contributed by atoms with Gasteiger partial charge in [-0.25, -0.2) is 0 Å². The Balaban J connectivity index is 1.97. The summed E-state index contributed by atoms with van der Waals surface area (Å²) < 4.78 is 5.63. The van der Waals surface area contributed by atoms with E-state index in [1.165, 1.54) is 0 Å². The molecule has 110 valence electrons. The fourth-order valence-electron chi connectivity index (χ4n) is 2.29. The molecule has 0 aromatic heterocycles. The first-order valence-electron chi connectivity index (χ1n) is 6.62. The summed E-state index contributed by atoms with van der Waals surface area (Å²) in [6, 6.07) is 4.94. The zero-order chi connectivity index (χ0) is 14.7. The molecule has 0 unspecified atom stereocenters. The smallest absolute Gasteiger partial charge is 0.263 e. The largest absolute Gasteiger partial charge is 0.479 e. The fraction of sp³-hybridized carbons (Fsp3) is 0.500. The summed E-state index contributed by atoms with van der Waals surface area (Å²) in [6.45, 7) is 3.78. The summed E-state index contributed by atoms with van der Waals surface area (Å²) in [5, 5.41) is 0.935. The number of hydrogen-bond donors (Lipinski definition) is 1. The molecule has 4 nitrogen and oxygen atoms in total. The molecular weight excluding hydrogens is 299 g/mol. The van der Waals surface area contributed by atoms with Gasteiger partial charge >= 0.3 is 0 Å². The second kappa shape index (κ2) is 6.66. The van der Waals surface area contributed by atoms with Crippen LogP contribution in [0.2, 0.25) is 10.0 Å². The number of nitrogens with zero attached hydrogens (tertiary/aromatic N) is 1. The zero-order valence-electron chi connectivity index (χ0n) is 11.3. The molecule has 2 N–H and O–H groups in total. The average molecular weight is 317 g/mol. The van der Waals surface area contributed by atoms with Crippen LogP contribution in [0.4, 0.5) is 0 Å². The maximum atomic E-state index is 12.3. The molecule has 1 amide bonds. The molecule has 0 spiro atoms. The van der Waals surface area contributed by atoms with Crippen molar-refractivity contribution in [3.05, 3.63) is 28.2 Å². The lowest BCUT2D eigenvalue weighted by Gasteiger charge is -2.22. The Morgan fingerprint density at radius 1 is 1.55 bits per heavy atom. The molecule has 1 aliphatic rings. The number of halogens is 2. The first-order chi connectivity index (χ1) is 9.51. The van der Waals surface area contributed by atoms with Crippen molar-refractivity contribution in [2.45, 2.75) is 19.4 Å². The maximum Gasteiger partial charge on any atom is 0.263 e. The molecule has 20 heavy (non-hydrogen) atoms. The van der Waals surface area contributed by atoms with Gasteiger partial charge in [0.2, 0.25) is 0 Å². The van der Waals surface area contributed by atoms with Crippen molar-refractivity contribution in [1.82, 2.24) is 4.90 Å². The van der Waals surface area contributed by atoms with E-state index in [2.05, 4.69) is 0 Å². The predicted octanol–water partition coefficient (Wildman–Crippen LogP) is 2.57. The first kappa shape index (κ1) is 15.4. The molecule has 0 radical (unpaired) electrons. The van der Waals surface area contributed by atoms with Crippen molar-refractivity contribution < 1.29 is 9.53 Å². The second-order valence-electron chi connectivity index (χ2n) is 5.01. The van der Waals surface area contributed by atoms with E-state index in [0.717, 1.165) is 13.0 Å². The van der Waals surface area contributed by atoms with E-state index < -0.39 is 6.10 Å². The minimum Gasteiger partial charge on any atom is -0.479 e. The van der Waals surface area contributed by atoms with Gasteiger partial charge in [0.05, 0.1) is 5.02 Å². The third-order valence-corrected chi connectivity index (χ3v) is 4.01. The number of carbonyl (C=O) groups is 1. The van der Waals surface area contributed by atoms with Gasteiger partial charge in [0.15, 0.2) is 6.10 Å². The van der Waals surface area contributed by atoms with Crippen LogP contribution in [0.25, 0.3) is 0 Å². The molecule has 1 aromatic carbocycles. The standard InChI is InChI=1S/C14H18Cl2N2O2/c1-9(14(19)18-5-4-10(7-17)8-18)20-13-3-2-11(15)6-12(13)16/h2-3,6,9-10H,4-5,7-8,17H2,1H3/t9-,10+/m1/s1. The number of amides is 1. The van der Waals surface area contributed by atoms with E-state index in [0.29, 0.717) is 34.8 Å². The molecule has 2 atom stereocenters. The molecular formula is C14H18Cl2N2O2. The fourth-order valence-corrected chi connectivity index (χ4v) is 2.75. The maximum absolute atomic E-state index is 12.3. The lowest BCUT2D eigenvalue weighted by molar-refractivity contribution is -0.136. The minimum absolute atomic E-state index is 0.0352. The highest BCUT2D eigenvalue weighted by Crippen LogP contribution is 2.28. The van der Waals surface area contributed by atoms with Crippen LogP contribution < -0.4 is 10.5 Å². The van der Waals surface area contributed by atoms with Crippen molar-refractivity contribution in [3.63, 3.8) is 0 Å². The van der Waals surface area contributed by atoms with Crippen LogP contribution in [-0.4, -0.2) is 36.5 Å². The van der Waals surface area contributed by atoms with Crippen LogP contribution in [-0.2, 0) is 4.79 Å². The van der Waals surface area contributed by atoms with Gasteiger partial charge in [-0.3, -0.25) is 4.79 Å². The monoisotopic (exact) mass is 316 g/mol. The molecule has 0 aliphatic carbocycles. The van der Waals surface area contributed by atoms with Crippen LogP contribution in [0.5, 0.6) is 5.75 Å². The molecule has 0 saturated carbocycles. The number of benzene rings is 1. The average Bonchev–Trinajstić information content (AvgIpc) is 2.89. The van der Waals surface area contributed by atoms with Crippen LogP contribution in [0, 0.1) is 5.92 Å². The highest BCUT2D eigenvalue weighted by molar-refractivity contribution is 6.35. The molecule has 1 fully saturated rings. The summed E-state index contributed by atoms with van der Waals surface area (Å²) in [7, 11) is 0. The number of ether oxygens (including phenoxy) is 1. The predicted molar refractivity (Wildman–Crippen MR) is 80.3 cm³/mol. The van der Waals surface area contributed by atoms with Gasteiger partial charge in [-0.05, 0) is 44.0 Å². The first-order valence-corrected chi connectivity index (χ1v) is 7.37. The summed E-state index contributed by atoms with van der Waals surface area (Å²) in [4.78, 5) is 14.1. The summed E-state index contributed by atoms with van der Waals surface area (Å²) in [5.41, 5.74) is 5.63.